The zero-order valence-electron chi connectivity index (χ0n) is 17.5. The number of pyridine rings is 1. The second kappa shape index (κ2) is 12.4. The van der Waals surface area contributed by atoms with Crippen molar-refractivity contribution in [3.63, 3.8) is 0 Å². The second-order valence-corrected chi connectivity index (χ2v) is 6.48. The van der Waals surface area contributed by atoms with E-state index in [9.17, 15) is 0 Å². The number of ether oxygens (including phenoxy) is 1. The van der Waals surface area contributed by atoms with Gasteiger partial charge in [0.05, 0.1) is 13.2 Å². The fourth-order valence-electron chi connectivity index (χ4n) is 2.79. The monoisotopic (exact) mass is 497 g/mol. The third kappa shape index (κ3) is 7.18. The van der Waals surface area contributed by atoms with Gasteiger partial charge in [-0.05, 0) is 37.6 Å². The van der Waals surface area contributed by atoms with Crippen LogP contribution in [-0.2, 0) is 13.1 Å². The summed E-state index contributed by atoms with van der Waals surface area (Å²) in [6.45, 7) is 6.92. The van der Waals surface area contributed by atoms with Crippen LogP contribution in [-0.4, -0.2) is 50.1 Å². The summed E-state index contributed by atoms with van der Waals surface area (Å²) < 4.78 is 5.51. The van der Waals surface area contributed by atoms with Gasteiger partial charge in [0, 0.05) is 46.0 Å². The first-order valence-corrected chi connectivity index (χ1v) is 9.37. The third-order valence-electron chi connectivity index (χ3n) is 4.04. The number of nitrogens with zero attached hydrogens (tertiary/aromatic N) is 4. The molecule has 0 saturated carbocycles. The highest BCUT2D eigenvalue weighted by Crippen LogP contribution is 2.16. The molecular weight excluding hydrogens is 465 g/mol. The van der Waals surface area contributed by atoms with Gasteiger partial charge in [-0.25, -0.2) is 9.98 Å². The molecule has 0 amide bonds. The second-order valence-electron chi connectivity index (χ2n) is 6.48. The van der Waals surface area contributed by atoms with Gasteiger partial charge in [-0.1, -0.05) is 18.2 Å². The molecule has 0 fully saturated rings. The lowest BCUT2D eigenvalue weighted by atomic mass is 10.2. The molecule has 0 aliphatic heterocycles. The molecule has 1 aromatic carbocycles. The molecule has 2 rings (SSSR count). The molecule has 2 aromatic rings. The summed E-state index contributed by atoms with van der Waals surface area (Å²) in [7, 11) is 6.05. The number of anilines is 1. The number of hydrogen-bond acceptors (Lipinski definition) is 4. The largest absolute Gasteiger partial charge is 0.494 e. The Balaban J connectivity index is 0.00000392. The SMILES string of the molecule is CCNC(=NCc1cccnc1N(C)C)N(C)Cc1ccc(OCC)cc1.I. The number of benzene rings is 1. The Hall–Kier alpha value is -2.03. The van der Waals surface area contributed by atoms with Crippen LogP contribution in [0.2, 0.25) is 0 Å². The van der Waals surface area contributed by atoms with Crippen molar-refractivity contribution in [2.24, 2.45) is 4.99 Å². The van der Waals surface area contributed by atoms with Gasteiger partial charge in [-0.15, -0.1) is 24.0 Å². The summed E-state index contributed by atoms with van der Waals surface area (Å²) in [4.78, 5) is 13.4. The number of hydrogen-bond donors (Lipinski definition) is 1. The van der Waals surface area contributed by atoms with Gasteiger partial charge in [0.15, 0.2) is 5.96 Å². The predicted octanol–water partition coefficient (Wildman–Crippen LogP) is 3.76. The van der Waals surface area contributed by atoms with Crippen molar-refractivity contribution in [1.29, 1.82) is 0 Å². The normalized spacial score (nSPS) is 10.8. The number of aromatic nitrogens is 1. The van der Waals surface area contributed by atoms with Crippen molar-refractivity contribution in [2.75, 3.05) is 39.2 Å². The smallest absolute Gasteiger partial charge is 0.194 e. The Morgan fingerprint density at radius 3 is 2.43 bits per heavy atom. The first kappa shape index (κ1) is 24.0. The van der Waals surface area contributed by atoms with Gasteiger partial charge in [-0.3, -0.25) is 0 Å². The fraction of sp³-hybridized carbons (Fsp3) is 0.429. The van der Waals surface area contributed by atoms with E-state index in [1.54, 1.807) is 0 Å². The van der Waals surface area contributed by atoms with Gasteiger partial charge in [0.1, 0.15) is 11.6 Å². The quantitative estimate of drug-likeness (QED) is 0.342. The van der Waals surface area contributed by atoms with E-state index >= 15 is 0 Å². The zero-order valence-corrected chi connectivity index (χ0v) is 19.8. The van der Waals surface area contributed by atoms with E-state index in [0.29, 0.717) is 13.2 Å². The van der Waals surface area contributed by atoms with Gasteiger partial charge >= 0.3 is 0 Å². The van der Waals surface area contributed by atoms with E-state index < -0.39 is 0 Å². The lowest BCUT2D eigenvalue weighted by molar-refractivity contribution is 0.340. The van der Waals surface area contributed by atoms with E-state index in [1.807, 2.05) is 57.4 Å². The highest BCUT2D eigenvalue weighted by Gasteiger charge is 2.09. The maximum Gasteiger partial charge on any atom is 0.194 e. The Bertz CT molecular complexity index is 734. The highest BCUT2D eigenvalue weighted by atomic mass is 127. The summed E-state index contributed by atoms with van der Waals surface area (Å²) in [6, 6.07) is 12.2. The fourth-order valence-corrected chi connectivity index (χ4v) is 2.79. The summed E-state index contributed by atoms with van der Waals surface area (Å²) in [5.74, 6) is 2.73. The molecule has 0 atom stereocenters. The van der Waals surface area contributed by atoms with Crippen molar-refractivity contribution >= 4 is 35.8 Å². The number of nitrogens with one attached hydrogen (secondary N) is 1. The van der Waals surface area contributed by atoms with Crippen molar-refractivity contribution in [1.82, 2.24) is 15.2 Å². The molecule has 0 spiro atoms. The summed E-state index contributed by atoms with van der Waals surface area (Å²) in [5, 5.41) is 3.37. The molecule has 0 saturated heterocycles. The van der Waals surface area contributed by atoms with Crippen LogP contribution in [0.1, 0.15) is 25.0 Å². The van der Waals surface area contributed by atoms with Crippen LogP contribution >= 0.6 is 24.0 Å². The number of guanidine groups is 1. The Morgan fingerprint density at radius 2 is 1.82 bits per heavy atom. The Morgan fingerprint density at radius 1 is 1.11 bits per heavy atom. The predicted molar refractivity (Wildman–Crippen MR) is 128 cm³/mol. The molecular formula is C21H32IN5O. The average Bonchev–Trinajstić information content (AvgIpc) is 2.67. The number of halogens is 1. The highest BCUT2D eigenvalue weighted by molar-refractivity contribution is 14.0. The summed E-state index contributed by atoms with van der Waals surface area (Å²) in [5.41, 5.74) is 2.31. The zero-order chi connectivity index (χ0) is 19.6. The Labute approximate surface area is 186 Å². The molecule has 0 aliphatic rings. The van der Waals surface area contributed by atoms with Crippen molar-refractivity contribution < 1.29 is 4.74 Å². The van der Waals surface area contributed by atoms with E-state index in [4.69, 9.17) is 9.73 Å². The van der Waals surface area contributed by atoms with Crippen LogP contribution in [0.5, 0.6) is 5.75 Å². The molecule has 1 heterocycles. The third-order valence-corrected chi connectivity index (χ3v) is 4.04. The number of aliphatic imine (C=N–C) groups is 1. The van der Waals surface area contributed by atoms with Gasteiger partial charge in [0.25, 0.3) is 0 Å². The molecule has 0 aliphatic carbocycles. The van der Waals surface area contributed by atoms with Crippen molar-refractivity contribution in [3.05, 3.63) is 53.7 Å². The van der Waals surface area contributed by atoms with Crippen LogP contribution in [0, 0.1) is 0 Å². The molecule has 0 bridgehead atoms. The average molecular weight is 497 g/mol. The van der Waals surface area contributed by atoms with Gasteiger partial charge < -0.3 is 19.9 Å². The molecule has 28 heavy (non-hydrogen) atoms. The summed E-state index contributed by atoms with van der Waals surface area (Å²) in [6.07, 6.45) is 1.81. The summed E-state index contributed by atoms with van der Waals surface area (Å²) >= 11 is 0. The minimum Gasteiger partial charge on any atom is -0.494 e. The van der Waals surface area contributed by atoms with E-state index in [2.05, 4.69) is 40.3 Å². The van der Waals surface area contributed by atoms with Gasteiger partial charge in [0.2, 0.25) is 0 Å². The molecule has 1 aromatic heterocycles. The number of rotatable bonds is 8. The minimum atomic E-state index is 0. The van der Waals surface area contributed by atoms with E-state index in [1.165, 1.54) is 5.56 Å². The van der Waals surface area contributed by atoms with Gasteiger partial charge in [-0.2, -0.15) is 0 Å². The van der Waals surface area contributed by atoms with Crippen molar-refractivity contribution in [3.8, 4) is 5.75 Å². The standard InChI is InChI=1S/C21H31N5O.HI/c1-6-22-21(24-15-18-9-8-14-23-20(18)25(3)4)26(5)16-17-10-12-19(13-11-17)27-7-2;/h8-14H,6-7,15-16H2,1-5H3,(H,22,24);1H. The lowest BCUT2D eigenvalue weighted by Gasteiger charge is -2.23. The maximum absolute atomic E-state index is 5.51. The molecule has 7 heteroatoms. The topological polar surface area (TPSA) is 53.0 Å². The minimum absolute atomic E-state index is 0. The van der Waals surface area contributed by atoms with Crippen molar-refractivity contribution in [2.45, 2.75) is 26.9 Å². The lowest BCUT2D eigenvalue weighted by Crippen LogP contribution is -2.38. The van der Waals surface area contributed by atoms with Crippen LogP contribution in [0.4, 0.5) is 5.82 Å². The molecule has 1 N–H and O–H groups in total. The molecule has 6 nitrogen and oxygen atoms in total. The first-order chi connectivity index (χ1) is 13.0. The molecule has 0 unspecified atom stereocenters. The molecule has 154 valence electrons. The first-order valence-electron chi connectivity index (χ1n) is 9.37. The van der Waals surface area contributed by atoms with E-state index in [0.717, 1.165) is 36.2 Å². The van der Waals surface area contributed by atoms with E-state index in [-0.39, 0.29) is 24.0 Å². The van der Waals surface area contributed by atoms with Crippen LogP contribution < -0.4 is 15.0 Å². The van der Waals surface area contributed by atoms with Crippen LogP contribution in [0.25, 0.3) is 0 Å². The molecule has 0 radical (unpaired) electrons. The Kier molecular flexibility index (Phi) is 10.7. The van der Waals surface area contributed by atoms with Crippen LogP contribution in [0.15, 0.2) is 47.6 Å². The van der Waals surface area contributed by atoms with Crippen LogP contribution in [0.3, 0.4) is 0 Å². The maximum atomic E-state index is 5.51.